The molecule has 2 rings (SSSR count). The van der Waals surface area contributed by atoms with Gasteiger partial charge in [0.2, 0.25) is 0 Å². The summed E-state index contributed by atoms with van der Waals surface area (Å²) in [6, 6.07) is 5.66. The first-order valence-corrected chi connectivity index (χ1v) is 8.66. The number of likely N-dealkylation sites (tertiary alicyclic amines) is 1. The Balaban J connectivity index is 2.08. The Morgan fingerprint density at radius 3 is 2.40 bits per heavy atom. The molecule has 0 bridgehead atoms. The molecule has 0 saturated carbocycles. The molecule has 0 spiro atoms. The summed E-state index contributed by atoms with van der Waals surface area (Å²) in [6.45, 7) is 6.85. The molecule has 5 heteroatoms. The molecule has 1 heterocycles. The zero-order valence-corrected chi connectivity index (χ0v) is 12.9. The molecule has 0 aromatic heterocycles. The first-order chi connectivity index (χ1) is 9.41. The number of hydrogen-bond donors (Lipinski definition) is 0. The monoisotopic (exact) mass is 299 g/mol. The molecule has 0 aliphatic carbocycles. The highest BCUT2D eigenvalue weighted by atomic mass is 32.2. The van der Waals surface area contributed by atoms with E-state index in [1.807, 2.05) is 0 Å². The second-order valence-corrected chi connectivity index (χ2v) is 8.07. The highest BCUT2D eigenvalue weighted by Crippen LogP contribution is 2.26. The predicted molar refractivity (Wildman–Crippen MR) is 77.9 cm³/mol. The first-order valence-electron chi connectivity index (χ1n) is 7.12. The molecule has 1 saturated heterocycles. The zero-order chi connectivity index (χ0) is 14.8. The molecule has 1 aliphatic heterocycles. The summed E-state index contributed by atoms with van der Waals surface area (Å²) in [4.78, 5) is 2.14. The quantitative estimate of drug-likeness (QED) is 0.858. The lowest BCUT2D eigenvalue weighted by molar-refractivity contribution is 0.207. The summed E-state index contributed by atoms with van der Waals surface area (Å²) in [5.41, 5.74) is 0. The van der Waals surface area contributed by atoms with Gasteiger partial charge in [-0.1, -0.05) is 26.0 Å². The van der Waals surface area contributed by atoms with Crippen LogP contribution in [0.5, 0.6) is 0 Å². The second-order valence-electron chi connectivity index (χ2n) is 5.87. The Kier molecular flexibility index (Phi) is 4.81. The fourth-order valence-corrected chi connectivity index (χ4v) is 4.57. The van der Waals surface area contributed by atoms with E-state index in [9.17, 15) is 12.8 Å². The maximum absolute atomic E-state index is 13.7. The van der Waals surface area contributed by atoms with Crippen LogP contribution in [0.3, 0.4) is 0 Å². The van der Waals surface area contributed by atoms with Crippen molar-refractivity contribution in [3.63, 3.8) is 0 Å². The third-order valence-electron chi connectivity index (χ3n) is 3.74. The van der Waals surface area contributed by atoms with Gasteiger partial charge >= 0.3 is 0 Å². The summed E-state index contributed by atoms with van der Waals surface area (Å²) >= 11 is 0. The fraction of sp³-hybridized carbons (Fsp3) is 0.600. The van der Waals surface area contributed by atoms with Crippen molar-refractivity contribution in [2.75, 3.05) is 19.6 Å². The van der Waals surface area contributed by atoms with Crippen molar-refractivity contribution in [2.24, 2.45) is 5.92 Å². The third-order valence-corrected chi connectivity index (χ3v) is 6.03. The Bertz CT molecular complexity index is 549. The normalized spacial score (nSPS) is 18.6. The van der Waals surface area contributed by atoms with Crippen LogP contribution in [0.15, 0.2) is 29.2 Å². The standard InChI is InChI=1S/C15H22FNO2S/c1-12(2)11-17-9-7-13(8-10-17)20(18,19)15-6-4-3-5-14(15)16/h3-6,12-13H,7-11H2,1-2H3. The van der Waals surface area contributed by atoms with Crippen molar-refractivity contribution in [1.29, 1.82) is 0 Å². The van der Waals surface area contributed by atoms with E-state index < -0.39 is 20.9 Å². The summed E-state index contributed by atoms with van der Waals surface area (Å²) in [5.74, 6) is -0.0631. The molecule has 0 amide bonds. The van der Waals surface area contributed by atoms with Crippen molar-refractivity contribution in [3.05, 3.63) is 30.1 Å². The highest BCUT2D eigenvalue weighted by Gasteiger charge is 2.32. The van der Waals surface area contributed by atoms with E-state index in [1.54, 1.807) is 6.07 Å². The minimum atomic E-state index is -3.55. The van der Waals surface area contributed by atoms with Gasteiger partial charge in [0.15, 0.2) is 9.84 Å². The van der Waals surface area contributed by atoms with E-state index in [-0.39, 0.29) is 4.90 Å². The first kappa shape index (κ1) is 15.4. The highest BCUT2D eigenvalue weighted by molar-refractivity contribution is 7.92. The van der Waals surface area contributed by atoms with E-state index in [0.29, 0.717) is 18.8 Å². The molecule has 0 radical (unpaired) electrons. The van der Waals surface area contributed by atoms with Crippen LogP contribution < -0.4 is 0 Å². The molecule has 112 valence electrons. The van der Waals surface area contributed by atoms with Gasteiger partial charge in [0.1, 0.15) is 10.7 Å². The minimum absolute atomic E-state index is 0.151. The number of halogens is 1. The number of sulfone groups is 1. The molecule has 1 fully saturated rings. The lowest BCUT2D eigenvalue weighted by Crippen LogP contribution is -2.40. The van der Waals surface area contributed by atoms with Gasteiger partial charge in [0.05, 0.1) is 5.25 Å². The SMILES string of the molecule is CC(C)CN1CCC(S(=O)(=O)c2ccccc2F)CC1. The van der Waals surface area contributed by atoms with Crippen molar-refractivity contribution < 1.29 is 12.8 Å². The van der Waals surface area contributed by atoms with Crippen molar-refractivity contribution >= 4 is 9.84 Å². The fourth-order valence-electron chi connectivity index (χ4n) is 2.77. The van der Waals surface area contributed by atoms with E-state index >= 15 is 0 Å². The van der Waals surface area contributed by atoms with Crippen molar-refractivity contribution in [3.8, 4) is 0 Å². The molecule has 1 aliphatic rings. The predicted octanol–water partition coefficient (Wildman–Crippen LogP) is 2.72. The summed E-state index contributed by atoms with van der Waals surface area (Å²) in [7, 11) is -3.55. The van der Waals surface area contributed by atoms with Crippen LogP contribution in [0.1, 0.15) is 26.7 Å². The molecule has 0 N–H and O–H groups in total. The van der Waals surface area contributed by atoms with Crippen LogP contribution in [-0.4, -0.2) is 38.2 Å². The zero-order valence-electron chi connectivity index (χ0n) is 12.0. The van der Waals surface area contributed by atoms with E-state index in [4.69, 9.17) is 0 Å². The average Bonchev–Trinajstić information content (AvgIpc) is 2.39. The molecule has 3 nitrogen and oxygen atoms in total. The second kappa shape index (κ2) is 6.22. The molecule has 1 aromatic rings. The Morgan fingerprint density at radius 1 is 1.25 bits per heavy atom. The van der Waals surface area contributed by atoms with Gasteiger partial charge in [-0.05, 0) is 44.0 Å². The summed E-state index contributed by atoms with van der Waals surface area (Å²) in [6.07, 6.45) is 1.17. The molecule has 0 unspecified atom stereocenters. The number of hydrogen-bond acceptors (Lipinski definition) is 3. The maximum atomic E-state index is 13.7. The van der Waals surface area contributed by atoms with Gasteiger partial charge in [0, 0.05) is 6.54 Å². The molecular weight excluding hydrogens is 277 g/mol. The summed E-state index contributed by atoms with van der Waals surface area (Å²) in [5, 5.41) is -0.456. The summed E-state index contributed by atoms with van der Waals surface area (Å²) < 4.78 is 38.7. The van der Waals surface area contributed by atoms with Gasteiger partial charge in [-0.25, -0.2) is 12.8 Å². The molecule has 0 atom stereocenters. The van der Waals surface area contributed by atoms with Crippen LogP contribution in [0, 0.1) is 11.7 Å². The van der Waals surface area contributed by atoms with Gasteiger partial charge in [-0.15, -0.1) is 0 Å². The van der Waals surface area contributed by atoms with Gasteiger partial charge in [-0.2, -0.15) is 0 Å². The topological polar surface area (TPSA) is 37.4 Å². The Hall–Kier alpha value is -0.940. The number of nitrogens with zero attached hydrogens (tertiary/aromatic N) is 1. The van der Waals surface area contributed by atoms with Crippen LogP contribution in [0.2, 0.25) is 0 Å². The maximum Gasteiger partial charge on any atom is 0.184 e. The number of benzene rings is 1. The largest absolute Gasteiger partial charge is 0.303 e. The van der Waals surface area contributed by atoms with Crippen LogP contribution in [-0.2, 0) is 9.84 Å². The van der Waals surface area contributed by atoms with Gasteiger partial charge < -0.3 is 4.90 Å². The Labute approximate surface area is 120 Å². The molecular formula is C15H22FNO2S. The van der Waals surface area contributed by atoms with Crippen LogP contribution >= 0.6 is 0 Å². The lowest BCUT2D eigenvalue weighted by Gasteiger charge is -2.32. The smallest absolute Gasteiger partial charge is 0.184 e. The van der Waals surface area contributed by atoms with E-state index in [0.717, 1.165) is 19.6 Å². The van der Waals surface area contributed by atoms with Crippen LogP contribution in [0.4, 0.5) is 4.39 Å². The van der Waals surface area contributed by atoms with Crippen molar-refractivity contribution in [1.82, 2.24) is 4.90 Å². The van der Waals surface area contributed by atoms with E-state index in [1.165, 1.54) is 18.2 Å². The van der Waals surface area contributed by atoms with Crippen LogP contribution in [0.25, 0.3) is 0 Å². The Morgan fingerprint density at radius 2 is 1.85 bits per heavy atom. The van der Waals surface area contributed by atoms with E-state index in [2.05, 4.69) is 18.7 Å². The minimum Gasteiger partial charge on any atom is -0.303 e. The van der Waals surface area contributed by atoms with Gasteiger partial charge in [-0.3, -0.25) is 0 Å². The third kappa shape index (κ3) is 3.38. The van der Waals surface area contributed by atoms with Gasteiger partial charge in [0.25, 0.3) is 0 Å². The molecule has 1 aromatic carbocycles. The number of rotatable bonds is 4. The average molecular weight is 299 g/mol. The lowest BCUT2D eigenvalue weighted by atomic mass is 10.1. The number of piperidine rings is 1. The molecule has 20 heavy (non-hydrogen) atoms. The van der Waals surface area contributed by atoms with Crippen molar-refractivity contribution in [2.45, 2.75) is 36.8 Å².